The number of hydrogen-bond donors (Lipinski definition) is 0. The Morgan fingerprint density at radius 1 is 0.867 bits per heavy atom. The second kappa shape index (κ2) is 10.5. The molecule has 0 rings (SSSR count). The molecule has 2 atom stereocenters. The van der Waals surface area contributed by atoms with Gasteiger partial charge in [-0.3, -0.25) is 0 Å². The van der Waals surface area contributed by atoms with Crippen molar-refractivity contribution in [2.45, 2.75) is 79.1 Å². The van der Waals surface area contributed by atoms with Gasteiger partial charge in [0.15, 0.2) is 0 Å². The average Bonchev–Trinajstić information content (AvgIpc) is 2.23. The minimum absolute atomic E-state index is 0.811. The number of hydrogen-bond acceptors (Lipinski definition) is 0. The lowest BCUT2D eigenvalue weighted by molar-refractivity contribution is 0.381. The lowest BCUT2D eigenvalue weighted by Gasteiger charge is -2.18. The van der Waals surface area contributed by atoms with Crippen LogP contribution in [0.5, 0.6) is 0 Å². The second-order valence-electron chi connectivity index (χ2n) is 5.04. The quantitative estimate of drug-likeness (QED) is 0.411. The Kier molecular flexibility index (Phi) is 10.5. The van der Waals surface area contributed by atoms with Gasteiger partial charge in [-0.25, -0.2) is 0 Å². The SMILES string of the molecule is CC[CH]C(C)C(C)CCCCCCCC. The third-order valence-electron chi connectivity index (χ3n) is 3.52. The van der Waals surface area contributed by atoms with E-state index >= 15 is 0 Å². The highest BCUT2D eigenvalue weighted by Crippen LogP contribution is 2.22. The van der Waals surface area contributed by atoms with Crippen LogP contribution in [0.3, 0.4) is 0 Å². The standard InChI is InChI=1S/C15H31/c1-5-7-8-9-10-11-13-15(4)14(3)12-6-2/h12,14-15H,5-11,13H2,1-4H3. The van der Waals surface area contributed by atoms with Crippen LogP contribution in [0.2, 0.25) is 0 Å². The molecule has 0 aliphatic carbocycles. The summed E-state index contributed by atoms with van der Waals surface area (Å²) in [7, 11) is 0. The maximum atomic E-state index is 2.46. The molecule has 0 N–H and O–H groups in total. The minimum atomic E-state index is 0.811. The van der Waals surface area contributed by atoms with Crippen molar-refractivity contribution in [1.82, 2.24) is 0 Å². The third kappa shape index (κ3) is 8.96. The predicted octanol–water partition coefficient (Wildman–Crippen LogP) is 5.62. The molecule has 0 aliphatic heterocycles. The van der Waals surface area contributed by atoms with E-state index in [9.17, 15) is 0 Å². The van der Waals surface area contributed by atoms with Crippen LogP contribution in [0.4, 0.5) is 0 Å². The monoisotopic (exact) mass is 211 g/mol. The molecule has 0 aromatic carbocycles. The largest absolute Gasteiger partial charge is 0.0654 e. The fourth-order valence-electron chi connectivity index (χ4n) is 2.11. The zero-order valence-corrected chi connectivity index (χ0v) is 11.4. The first-order chi connectivity index (χ1) is 7.22. The van der Waals surface area contributed by atoms with Crippen LogP contribution in [0.15, 0.2) is 0 Å². The van der Waals surface area contributed by atoms with Gasteiger partial charge in [0.05, 0.1) is 0 Å². The van der Waals surface area contributed by atoms with Gasteiger partial charge in [0, 0.05) is 0 Å². The van der Waals surface area contributed by atoms with Crippen molar-refractivity contribution in [3.8, 4) is 0 Å². The molecule has 0 heterocycles. The topological polar surface area (TPSA) is 0 Å². The second-order valence-corrected chi connectivity index (χ2v) is 5.04. The Labute approximate surface area is 97.8 Å². The summed E-state index contributed by atoms with van der Waals surface area (Å²) in [5, 5.41) is 0. The predicted molar refractivity (Wildman–Crippen MR) is 70.9 cm³/mol. The summed E-state index contributed by atoms with van der Waals surface area (Å²) in [6, 6.07) is 0. The summed E-state index contributed by atoms with van der Waals surface area (Å²) in [5.74, 6) is 1.70. The van der Waals surface area contributed by atoms with E-state index in [0.29, 0.717) is 0 Å². The first-order valence-electron chi connectivity index (χ1n) is 7.05. The van der Waals surface area contributed by atoms with Gasteiger partial charge in [0.25, 0.3) is 0 Å². The fourth-order valence-corrected chi connectivity index (χ4v) is 2.11. The van der Waals surface area contributed by atoms with E-state index in [0.717, 1.165) is 11.8 Å². The van der Waals surface area contributed by atoms with Crippen molar-refractivity contribution in [3.05, 3.63) is 6.42 Å². The molecule has 1 radical (unpaired) electrons. The van der Waals surface area contributed by atoms with E-state index in [4.69, 9.17) is 0 Å². The van der Waals surface area contributed by atoms with Crippen molar-refractivity contribution >= 4 is 0 Å². The van der Waals surface area contributed by atoms with Crippen LogP contribution in [0, 0.1) is 18.3 Å². The van der Waals surface area contributed by atoms with E-state index in [1.165, 1.54) is 51.4 Å². The van der Waals surface area contributed by atoms with Crippen LogP contribution in [-0.2, 0) is 0 Å². The molecule has 0 nitrogen and oxygen atoms in total. The van der Waals surface area contributed by atoms with Crippen LogP contribution in [0.1, 0.15) is 79.1 Å². The summed E-state index contributed by atoms with van der Waals surface area (Å²) >= 11 is 0. The van der Waals surface area contributed by atoms with Gasteiger partial charge in [-0.15, -0.1) is 0 Å². The maximum absolute atomic E-state index is 2.46. The van der Waals surface area contributed by atoms with E-state index in [1.54, 1.807) is 0 Å². The van der Waals surface area contributed by atoms with Gasteiger partial charge in [-0.2, -0.15) is 0 Å². The van der Waals surface area contributed by atoms with Crippen LogP contribution in [-0.4, -0.2) is 0 Å². The Hall–Kier alpha value is 0. The van der Waals surface area contributed by atoms with Gasteiger partial charge in [0.1, 0.15) is 0 Å². The van der Waals surface area contributed by atoms with E-state index < -0.39 is 0 Å². The molecule has 0 aliphatic rings. The van der Waals surface area contributed by atoms with Crippen molar-refractivity contribution in [2.75, 3.05) is 0 Å². The summed E-state index contributed by atoms with van der Waals surface area (Å²) in [4.78, 5) is 0. The van der Waals surface area contributed by atoms with Crippen molar-refractivity contribution in [1.29, 1.82) is 0 Å². The van der Waals surface area contributed by atoms with Gasteiger partial charge >= 0.3 is 0 Å². The normalized spacial score (nSPS) is 15.2. The van der Waals surface area contributed by atoms with Gasteiger partial charge < -0.3 is 0 Å². The molecule has 0 aromatic rings. The van der Waals surface area contributed by atoms with Gasteiger partial charge in [0.2, 0.25) is 0 Å². The first-order valence-corrected chi connectivity index (χ1v) is 7.05. The number of unbranched alkanes of at least 4 members (excludes halogenated alkanes) is 5. The van der Waals surface area contributed by atoms with E-state index in [1.807, 2.05) is 0 Å². The zero-order valence-electron chi connectivity index (χ0n) is 11.4. The fraction of sp³-hybridized carbons (Fsp3) is 0.933. The molecular weight excluding hydrogens is 180 g/mol. The molecule has 0 spiro atoms. The molecule has 0 bridgehead atoms. The minimum Gasteiger partial charge on any atom is -0.0654 e. The van der Waals surface area contributed by atoms with Gasteiger partial charge in [-0.1, -0.05) is 79.1 Å². The maximum Gasteiger partial charge on any atom is -0.0358 e. The summed E-state index contributed by atoms with van der Waals surface area (Å²) in [6.07, 6.45) is 13.7. The van der Waals surface area contributed by atoms with Crippen molar-refractivity contribution in [3.63, 3.8) is 0 Å². The van der Waals surface area contributed by atoms with Crippen molar-refractivity contribution < 1.29 is 0 Å². The van der Waals surface area contributed by atoms with E-state index in [2.05, 4.69) is 34.1 Å². The molecule has 0 heteroatoms. The Balaban J connectivity index is 3.26. The van der Waals surface area contributed by atoms with Crippen molar-refractivity contribution in [2.24, 2.45) is 11.8 Å². The molecule has 91 valence electrons. The first kappa shape index (κ1) is 15.0. The molecule has 0 aromatic heterocycles. The van der Waals surface area contributed by atoms with Crippen LogP contribution >= 0.6 is 0 Å². The highest BCUT2D eigenvalue weighted by molar-refractivity contribution is 4.75. The molecule has 0 amide bonds. The molecule has 2 unspecified atom stereocenters. The Morgan fingerprint density at radius 2 is 1.47 bits per heavy atom. The summed E-state index contributed by atoms with van der Waals surface area (Å²) < 4.78 is 0. The highest BCUT2D eigenvalue weighted by Gasteiger charge is 2.10. The van der Waals surface area contributed by atoms with Gasteiger partial charge in [-0.05, 0) is 18.3 Å². The molecular formula is C15H31. The molecule has 0 saturated heterocycles. The lowest BCUT2D eigenvalue weighted by Crippen LogP contribution is -2.08. The summed E-state index contributed by atoms with van der Waals surface area (Å²) in [5.41, 5.74) is 0. The molecule has 0 fully saturated rings. The zero-order chi connectivity index (χ0) is 11.5. The Morgan fingerprint density at radius 3 is 2.07 bits per heavy atom. The van der Waals surface area contributed by atoms with E-state index in [-0.39, 0.29) is 0 Å². The average molecular weight is 211 g/mol. The summed E-state index contributed by atoms with van der Waals surface area (Å²) in [6.45, 7) is 9.30. The lowest BCUT2D eigenvalue weighted by atomic mass is 9.87. The smallest absolute Gasteiger partial charge is 0.0358 e. The Bertz CT molecular complexity index is 117. The molecule has 0 saturated carbocycles. The highest BCUT2D eigenvalue weighted by atomic mass is 14.2. The van der Waals surface area contributed by atoms with Crippen LogP contribution < -0.4 is 0 Å². The van der Waals surface area contributed by atoms with Crippen LogP contribution in [0.25, 0.3) is 0 Å². The number of rotatable bonds is 10. The molecule has 15 heavy (non-hydrogen) atoms. The third-order valence-corrected chi connectivity index (χ3v) is 3.52.